The Morgan fingerprint density at radius 2 is 1.80 bits per heavy atom. The van der Waals surface area contributed by atoms with E-state index in [1.54, 1.807) is 32.9 Å². The van der Waals surface area contributed by atoms with E-state index in [0.717, 1.165) is 66.6 Å². The zero-order chi connectivity index (χ0) is 28.4. The van der Waals surface area contributed by atoms with E-state index in [4.69, 9.17) is 14.7 Å². The number of carboxylic acid groups (broad SMARTS) is 1. The summed E-state index contributed by atoms with van der Waals surface area (Å²) in [7, 11) is -3.42. The second kappa shape index (κ2) is 11.6. The summed E-state index contributed by atoms with van der Waals surface area (Å²) in [6, 6.07) is 7.39. The lowest BCUT2D eigenvalue weighted by Crippen LogP contribution is -2.39. The van der Waals surface area contributed by atoms with Gasteiger partial charge in [0, 0.05) is 37.4 Å². The van der Waals surface area contributed by atoms with Gasteiger partial charge in [-0.3, -0.25) is 10.0 Å². The summed E-state index contributed by atoms with van der Waals surface area (Å²) < 4.78 is 32.7. The minimum absolute atomic E-state index is 0.176. The number of hydrogen-bond acceptors (Lipinski definition) is 11. The van der Waals surface area contributed by atoms with Crippen molar-refractivity contribution in [2.24, 2.45) is 0 Å². The Labute approximate surface area is 237 Å². The number of nitrogens with one attached hydrogen (secondary N) is 2. The van der Waals surface area contributed by atoms with Crippen molar-refractivity contribution < 1.29 is 23.1 Å². The third kappa shape index (κ3) is 6.13. The molecule has 12 nitrogen and oxygen atoms in total. The number of aromatic carboxylic acids is 1. The minimum atomic E-state index is -3.42. The highest BCUT2D eigenvalue weighted by Crippen LogP contribution is 2.36. The van der Waals surface area contributed by atoms with Crippen LogP contribution >= 0.6 is 11.3 Å². The van der Waals surface area contributed by atoms with E-state index >= 15 is 0 Å². The Kier molecular flexibility index (Phi) is 8.10. The molecule has 214 valence electrons. The van der Waals surface area contributed by atoms with Gasteiger partial charge in [-0.2, -0.15) is 9.97 Å². The van der Waals surface area contributed by atoms with Crippen LogP contribution in [0.15, 0.2) is 24.3 Å². The summed E-state index contributed by atoms with van der Waals surface area (Å²) in [5, 5.41) is 12.5. The van der Waals surface area contributed by atoms with Gasteiger partial charge < -0.3 is 19.6 Å². The first kappa shape index (κ1) is 28.1. The average Bonchev–Trinajstić information content (AvgIpc) is 3.30. The van der Waals surface area contributed by atoms with E-state index in [-0.39, 0.29) is 4.88 Å². The molecule has 40 heavy (non-hydrogen) atoms. The summed E-state index contributed by atoms with van der Waals surface area (Å²) in [4.78, 5) is 30.2. The summed E-state index contributed by atoms with van der Waals surface area (Å²) >= 11 is 1.05. The molecule has 2 aliphatic rings. The number of fused-ring (bicyclic) bond motifs is 1. The van der Waals surface area contributed by atoms with Gasteiger partial charge in [0.1, 0.15) is 16.5 Å². The number of nitrogens with zero attached hydrogens (tertiary/aromatic N) is 5. The fourth-order valence-electron chi connectivity index (χ4n) is 4.67. The van der Waals surface area contributed by atoms with E-state index in [9.17, 15) is 18.3 Å². The molecule has 0 aliphatic carbocycles. The van der Waals surface area contributed by atoms with Crippen molar-refractivity contribution in [3.63, 3.8) is 0 Å². The average molecular weight is 588 g/mol. The van der Waals surface area contributed by atoms with Crippen LogP contribution in [-0.4, -0.2) is 72.5 Å². The number of thiazole rings is 1. The smallest absolute Gasteiger partial charge is 0.347 e. The van der Waals surface area contributed by atoms with Crippen LogP contribution in [-0.2, 0) is 27.7 Å². The maximum atomic E-state index is 12.2. The van der Waals surface area contributed by atoms with Gasteiger partial charge in [-0.1, -0.05) is 23.5 Å². The summed E-state index contributed by atoms with van der Waals surface area (Å²) in [6.07, 6.45) is 1.79. The SMILES string of the molecule is Cc1nc(Nc2nc(N3CCOCC3)c3c(n2)N(Cc2ccc(NS(=O)(=O)C(C)C)cc2)CCC3)sc1C(=O)O. The van der Waals surface area contributed by atoms with Gasteiger partial charge in [0.15, 0.2) is 5.13 Å². The molecule has 5 rings (SSSR count). The Bertz CT molecular complexity index is 1490. The molecule has 0 spiro atoms. The molecule has 1 saturated heterocycles. The van der Waals surface area contributed by atoms with E-state index in [2.05, 4.69) is 24.8 Å². The van der Waals surface area contributed by atoms with Gasteiger partial charge in [-0.25, -0.2) is 18.2 Å². The van der Waals surface area contributed by atoms with Crippen molar-refractivity contribution in [3.8, 4) is 0 Å². The predicted octanol–water partition coefficient (Wildman–Crippen LogP) is 3.62. The molecule has 0 amide bonds. The Hall–Kier alpha value is -3.49. The lowest BCUT2D eigenvalue weighted by Gasteiger charge is -2.35. The summed E-state index contributed by atoms with van der Waals surface area (Å²) in [5.41, 5.74) is 3.05. The van der Waals surface area contributed by atoms with Crippen molar-refractivity contribution in [2.75, 3.05) is 52.7 Å². The highest BCUT2D eigenvalue weighted by atomic mass is 32.2. The molecule has 1 aromatic carbocycles. The van der Waals surface area contributed by atoms with E-state index in [0.29, 0.717) is 42.2 Å². The zero-order valence-electron chi connectivity index (χ0n) is 22.7. The number of sulfonamides is 1. The Balaban J connectivity index is 1.44. The first-order valence-corrected chi connectivity index (χ1v) is 15.5. The minimum Gasteiger partial charge on any atom is -0.477 e. The number of carboxylic acids is 1. The largest absolute Gasteiger partial charge is 0.477 e. The summed E-state index contributed by atoms with van der Waals surface area (Å²) in [6.45, 7) is 9.00. The van der Waals surface area contributed by atoms with Crippen molar-refractivity contribution in [3.05, 3.63) is 46.0 Å². The van der Waals surface area contributed by atoms with Gasteiger partial charge in [0.2, 0.25) is 16.0 Å². The monoisotopic (exact) mass is 587 g/mol. The molecule has 4 heterocycles. The number of aromatic nitrogens is 3. The van der Waals surface area contributed by atoms with Crippen LogP contribution in [0, 0.1) is 6.92 Å². The molecule has 0 atom stereocenters. The second-order valence-corrected chi connectivity index (χ2v) is 13.3. The Morgan fingerprint density at radius 1 is 1.10 bits per heavy atom. The van der Waals surface area contributed by atoms with E-state index < -0.39 is 21.2 Å². The lowest BCUT2D eigenvalue weighted by atomic mass is 10.0. The van der Waals surface area contributed by atoms with E-state index in [1.165, 1.54) is 0 Å². The number of aryl methyl sites for hydroxylation is 1. The molecule has 0 radical (unpaired) electrons. The Morgan fingerprint density at radius 3 is 2.45 bits per heavy atom. The van der Waals surface area contributed by atoms with E-state index in [1.807, 2.05) is 12.1 Å². The summed E-state index contributed by atoms with van der Waals surface area (Å²) in [5.74, 6) is 1.01. The number of rotatable bonds is 9. The fourth-order valence-corrected chi connectivity index (χ4v) is 6.17. The normalized spacial score (nSPS) is 15.7. The number of carbonyl (C=O) groups is 1. The molecule has 0 saturated carbocycles. The van der Waals surface area contributed by atoms with Gasteiger partial charge in [0.05, 0.1) is 24.2 Å². The van der Waals surface area contributed by atoms with Crippen LogP contribution in [0.4, 0.5) is 28.4 Å². The molecule has 3 aromatic rings. The first-order valence-electron chi connectivity index (χ1n) is 13.2. The van der Waals surface area contributed by atoms with Crippen LogP contribution in [0.3, 0.4) is 0 Å². The maximum absolute atomic E-state index is 12.2. The first-order chi connectivity index (χ1) is 19.1. The number of morpholine rings is 1. The fraction of sp³-hybridized carbons (Fsp3) is 0.462. The lowest BCUT2D eigenvalue weighted by molar-refractivity contribution is 0.0701. The van der Waals surface area contributed by atoms with Crippen molar-refractivity contribution in [2.45, 2.75) is 45.4 Å². The van der Waals surface area contributed by atoms with Crippen LogP contribution < -0.4 is 19.8 Å². The standard InChI is InChI=1S/C26H33N7O5S2/c1-16(2)40(36,37)31-19-8-6-18(7-9-19)15-33-10-4-5-20-22(32-11-13-38-14-12-32)28-25(29-23(20)33)30-26-27-17(3)21(39-26)24(34)35/h6-9,16,31H,4-5,10-15H2,1-3H3,(H,34,35)(H,27,28,29,30). The highest BCUT2D eigenvalue weighted by molar-refractivity contribution is 7.93. The third-order valence-corrected chi connectivity index (χ3v) is 9.67. The second-order valence-electron chi connectivity index (χ2n) is 10.1. The molecular weight excluding hydrogens is 554 g/mol. The number of anilines is 5. The number of benzene rings is 1. The maximum Gasteiger partial charge on any atom is 0.347 e. The molecule has 2 aromatic heterocycles. The molecule has 3 N–H and O–H groups in total. The highest BCUT2D eigenvalue weighted by Gasteiger charge is 2.28. The van der Waals surface area contributed by atoms with Crippen molar-refractivity contribution in [1.29, 1.82) is 0 Å². The van der Waals surface area contributed by atoms with Gasteiger partial charge in [-0.05, 0) is 51.3 Å². The molecule has 2 aliphatic heterocycles. The molecule has 0 bridgehead atoms. The van der Waals surface area contributed by atoms with Crippen LogP contribution in [0.5, 0.6) is 0 Å². The van der Waals surface area contributed by atoms with Crippen LogP contribution in [0.2, 0.25) is 0 Å². The predicted molar refractivity (Wildman–Crippen MR) is 156 cm³/mol. The van der Waals surface area contributed by atoms with Crippen LogP contribution in [0.1, 0.15) is 46.8 Å². The third-order valence-electron chi connectivity index (χ3n) is 6.85. The molecule has 0 unspecified atom stereocenters. The van der Waals surface area contributed by atoms with Gasteiger partial charge in [0.25, 0.3) is 0 Å². The molecular formula is C26H33N7O5S2. The molecule has 1 fully saturated rings. The number of ether oxygens (including phenoxy) is 1. The number of hydrogen-bond donors (Lipinski definition) is 3. The van der Waals surface area contributed by atoms with Crippen molar-refractivity contribution in [1.82, 2.24) is 15.0 Å². The van der Waals surface area contributed by atoms with Crippen molar-refractivity contribution >= 4 is 55.7 Å². The topological polar surface area (TPSA) is 150 Å². The van der Waals surface area contributed by atoms with Crippen LogP contribution in [0.25, 0.3) is 0 Å². The van der Waals surface area contributed by atoms with Gasteiger partial charge >= 0.3 is 5.97 Å². The quantitative estimate of drug-likeness (QED) is 0.337. The van der Waals surface area contributed by atoms with Gasteiger partial charge in [-0.15, -0.1) is 0 Å². The molecule has 14 heteroatoms. The zero-order valence-corrected chi connectivity index (χ0v) is 24.3.